The first-order chi connectivity index (χ1) is 11.8. The predicted octanol–water partition coefficient (Wildman–Crippen LogP) is 3.47. The van der Waals surface area contributed by atoms with Crippen LogP contribution in [0.3, 0.4) is 0 Å². The maximum Gasteiger partial charge on any atom is 0.191 e. The van der Waals surface area contributed by atoms with Crippen molar-refractivity contribution in [1.29, 1.82) is 0 Å². The second kappa shape index (κ2) is 8.54. The fourth-order valence-electron chi connectivity index (χ4n) is 2.65. The molecule has 1 unspecified atom stereocenters. The fourth-order valence-corrected chi connectivity index (χ4v) is 3.74. The molecule has 0 saturated heterocycles. The first-order valence-corrected chi connectivity index (χ1v) is 10.6. The third-order valence-electron chi connectivity index (χ3n) is 4.44. The van der Waals surface area contributed by atoms with Crippen LogP contribution in [-0.2, 0) is 16.2 Å². The van der Waals surface area contributed by atoms with Crippen LogP contribution in [0.4, 0.5) is 0 Å². The third kappa shape index (κ3) is 6.00. The molecule has 25 heavy (non-hydrogen) atoms. The van der Waals surface area contributed by atoms with Crippen LogP contribution in [0, 0.1) is 0 Å². The SMILES string of the molecule is CCNC(=NCC1(c2cccc(Cl)c2)CC1)NCCS(=O)C(C)(C)C. The van der Waals surface area contributed by atoms with Gasteiger partial charge >= 0.3 is 0 Å². The molecule has 1 aromatic carbocycles. The summed E-state index contributed by atoms with van der Waals surface area (Å²) >= 11 is 6.14. The summed E-state index contributed by atoms with van der Waals surface area (Å²) in [6.07, 6.45) is 2.29. The monoisotopic (exact) mass is 383 g/mol. The van der Waals surface area contributed by atoms with Gasteiger partial charge in [0.25, 0.3) is 0 Å². The van der Waals surface area contributed by atoms with Crippen LogP contribution in [0.2, 0.25) is 5.02 Å². The lowest BCUT2D eigenvalue weighted by atomic mass is 9.96. The molecular weight excluding hydrogens is 354 g/mol. The number of nitrogens with one attached hydrogen (secondary N) is 2. The molecule has 1 aliphatic rings. The van der Waals surface area contributed by atoms with Crippen LogP contribution in [-0.4, -0.2) is 40.3 Å². The highest BCUT2D eigenvalue weighted by Gasteiger charge is 2.44. The fraction of sp³-hybridized carbons (Fsp3) is 0.632. The van der Waals surface area contributed by atoms with Gasteiger partial charge in [0.15, 0.2) is 5.96 Å². The van der Waals surface area contributed by atoms with Crippen LogP contribution in [0.15, 0.2) is 29.3 Å². The van der Waals surface area contributed by atoms with Crippen molar-refractivity contribution in [2.24, 2.45) is 4.99 Å². The first-order valence-electron chi connectivity index (χ1n) is 8.93. The largest absolute Gasteiger partial charge is 0.357 e. The summed E-state index contributed by atoms with van der Waals surface area (Å²) in [7, 11) is -0.859. The molecule has 0 heterocycles. The summed E-state index contributed by atoms with van der Waals surface area (Å²) in [5, 5.41) is 7.36. The van der Waals surface area contributed by atoms with Gasteiger partial charge in [-0.3, -0.25) is 9.20 Å². The summed E-state index contributed by atoms with van der Waals surface area (Å²) in [4.78, 5) is 4.77. The molecular formula is C19H30ClN3OS. The molecule has 1 aromatic rings. The van der Waals surface area contributed by atoms with E-state index in [9.17, 15) is 4.21 Å². The zero-order valence-corrected chi connectivity index (χ0v) is 17.3. The number of hydrogen-bond donors (Lipinski definition) is 2. The maximum atomic E-state index is 12.1. The Bertz CT molecular complexity index is 636. The Balaban J connectivity index is 1.94. The Morgan fingerprint density at radius 1 is 1.32 bits per heavy atom. The van der Waals surface area contributed by atoms with Gasteiger partial charge in [0.05, 0.1) is 6.54 Å². The third-order valence-corrected chi connectivity index (χ3v) is 6.61. The molecule has 0 spiro atoms. The highest BCUT2D eigenvalue weighted by Crippen LogP contribution is 2.48. The quantitative estimate of drug-likeness (QED) is 0.560. The second-order valence-electron chi connectivity index (χ2n) is 7.57. The van der Waals surface area contributed by atoms with Gasteiger partial charge in [0.1, 0.15) is 0 Å². The van der Waals surface area contributed by atoms with Gasteiger partial charge in [-0.25, -0.2) is 0 Å². The Kier molecular flexibility index (Phi) is 6.92. The number of halogens is 1. The van der Waals surface area contributed by atoms with Crippen LogP contribution in [0.1, 0.15) is 46.1 Å². The molecule has 2 N–H and O–H groups in total. The van der Waals surface area contributed by atoms with Crippen molar-refractivity contribution in [3.8, 4) is 0 Å². The van der Waals surface area contributed by atoms with Crippen LogP contribution >= 0.6 is 11.6 Å². The van der Waals surface area contributed by atoms with Gasteiger partial charge in [-0.05, 0) is 58.2 Å². The summed E-state index contributed by atoms with van der Waals surface area (Å²) in [6.45, 7) is 10.3. The van der Waals surface area contributed by atoms with Gasteiger partial charge in [-0.2, -0.15) is 0 Å². The highest BCUT2D eigenvalue weighted by atomic mass is 35.5. The lowest BCUT2D eigenvalue weighted by molar-refractivity contribution is 0.646. The number of benzene rings is 1. The van der Waals surface area contributed by atoms with E-state index >= 15 is 0 Å². The van der Waals surface area contributed by atoms with E-state index in [1.807, 2.05) is 39.8 Å². The van der Waals surface area contributed by atoms with Crippen LogP contribution in [0.5, 0.6) is 0 Å². The Hall–Kier alpha value is -1.07. The smallest absolute Gasteiger partial charge is 0.191 e. The zero-order valence-electron chi connectivity index (χ0n) is 15.7. The van der Waals surface area contributed by atoms with Gasteiger partial charge in [-0.1, -0.05) is 23.7 Å². The van der Waals surface area contributed by atoms with Crippen LogP contribution in [0.25, 0.3) is 0 Å². The van der Waals surface area contributed by atoms with E-state index in [0.29, 0.717) is 12.3 Å². The molecule has 0 aliphatic heterocycles. The standard InChI is InChI=1S/C19H30ClN3OS/c1-5-21-17(22-11-12-25(24)18(2,3)4)23-14-19(9-10-19)15-7-6-8-16(20)13-15/h6-8,13H,5,9-12,14H2,1-4H3,(H2,21,22,23). The molecule has 0 bridgehead atoms. The highest BCUT2D eigenvalue weighted by molar-refractivity contribution is 7.86. The van der Waals surface area contributed by atoms with Crippen molar-refractivity contribution in [3.05, 3.63) is 34.9 Å². The Morgan fingerprint density at radius 3 is 2.60 bits per heavy atom. The molecule has 4 nitrogen and oxygen atoms in total. The summed E-state index contributed by atoms with van der Waals surface area (Å²) in [5.74, 6) is 1.41. The van der Waals surface area contributed by atoms with E-state index in [1.54, 1.807) is 0 Å². The molecule has 6 heteroatoms. The maximum absolute atomic E-state index is 12.1. The van der Waals surface area contributed by atoms with E-state index in [1.165, 1.54) is 5.56 Å². The van der Waals surface area contributed by atoms with Gasteiger partial charge in [-0.15, -0.1) is 0 Å². The van der Waals surface area contributed by atoms with Crippen molar-refractivity contribution in [2.75, 3.05) is 25.4 Å². The molecule has 1 fully saturated rings. The molecule has 1 aliphatic carbocycles. The van der Waals surface area contributed by atoms with E-state index in [2.05, 4.69) is 22.8 Å². The topological polar surface area (TPSA) is 53.5 Å². The van der Waals surface area contributed by atoms with E-state index in [-0.39, 0.29) is 10.2 Å². The Morgan fingerprint density at radius 2 is 2.04 bits per heavy atom. The number of guanidine groups is 1. The van der Waals surface area contributed by atoms with Crippen molar-refractivity contribution in [1.82, 2.24) is 10.6 Å². The minimum Gasteiger partial charge on any atom is -0.357 e. The normalized spacial score (nSPS) is 17.9. The summed E-state index contributed by atoms with van der Waals surface area (Å²) in [5.41, 5.74) is 1.40. The molecule has 2 rings (SSSR count). The molecule has 1 atom stereocenters. The molecule has 0 aromatic heterocycles. The minimum atomic E-state index is -0.859. The second-order valence-corrected chi connectivity index (χ2v) is 10.3. The zero-order chi connectivity index (χ0) is 18.5. The molecule has 140 valence electrons. The van der Waals surface area contributed by atoms with Gasteiger partial charge in [0.2, 0.25) is 0 Å². The first kappa shape index (κ1) is 20.2. The van der Waals surface area contributed by atoms with E-state index in [4.69, 9.17) is 16.6 Å². The molecule has 0 radical (unpaired) electrons. The lowest BCUT2D eigenvalue weighted by Gasteiger charge is -2.19. The average Bonchev–Trinajstić information content (AvgIpc) is 3.33. The number of hydrogen-bond acceptors (Lipinski definition) is 2. The lowest BCUT2D eigenvalue weighted by Crippen LogP contribution is -2.40. The Labute approximate surface area is 159 Å². The summed E-state index contributed by atoms with van der Waals surface area (Å²) in [6, 6.07) is 8.11. The average molecular weight is 384 g/mol. The van der Waals surface area contributed by atoms with Gasteiger partial charge in [0, 0.05) is 44.8 Å². The van der Waals surface area contributed by atoms with Crippen molar-refractivity contribution in [2.45, 2.75) is 50.7 Å². The van der Waals surface area contributed by atoms with Crippen molar-refractivity contribution < 1.29 is 4.21 Å². The van der Waals surface area contributed by atoms with Crippen molar-refractivity contribution in [3.63, 3.8) is 0 Å². The van der Waals surface area contributed by atoms with E-state index < -0.39 is 10.8 Å². The van der Waals surface area contributed by atoms with Crippen LogP contribution < -0.4 is 10.6 Å². The van der Waals surface area contributed by atoms with Crippen molar-refractivity contribution >= 4 is 28.4 Å². The number of aliphatic imine (C=N–C) groups is 1. The minimum absolute atomic E-state index is 0.126. The number of nitrogens with zero attached hydrogens (tertiary/aromatic N) is 1. The molecule has 1 saturated carbocycles. The molecule has 0 amide bonds. The van der Waals surface area contributed by atoms with Gasteiger partial charge < -0.3 is 10.6 Å². The van der Waals surface area contributed by atoms with E-state index in [0.717, 1.165) is 36.9 Å². The number of rotatable bonds is 7. The predicted molar refractivity (Wildman–Crippen MR) is 109 cm³/mol. The summed E-state index contributed by atoms with van der Waals surface area (Å²) < 4.78 is 12.0.